The third-order valence-corrected chi connectivity index (χ3v) is 4.93. The molecule has 0 unspecified atom stereocenters. The molecule has 0 atom stereocenters. The highest BCUT2D eigenvalue weighted by Gasteiger charge is 2.29. The molecule has 0 amide bonds. The molecule has 0 aromatic heterocycles. The minimum Gasteiger partial charge on any atom is -0.258 e. The van der Waals surface area contributed by atoms with Gasteiger partial charge in [-0.05, 0) is 12.1 Å². The second-order valence-corrected chi connectivity index (χ2v) is 6.38. The lowest BCUT2D eigenvalue weighted by Gasteiger charge is -2.07. The maximum absolute atomic E-state index is 12.9. The summed E-state index contributed by atoms with van der Waals surface area (Å²) in [6.07, 6.45) is 0. The van der Waals surface area contributed by atoms with Crippen LogP contribution in [-0.4, -0.2) is 14.1 Å². The second-order valence-electron chi connectivity index (χ2n) is 4.96. The molecule has 12 heteroatoms. The van der Waals surface area contributed by atoms with Crippen LogP contribution >= 0.6 is 0 Å². The molecular formula is C16H4N6O5S. The lowest BCUT2D eigenvalue weighted by atomic mass is 10.1. The Labute approximate surface area is 158 Å². The van der Waals surface area contributed by atoms with Gasteiger partial charge in [0.2, 0.25) is 0 Å². The first-order valence-electron chi connectivity index (χ1n) is 6.96. The number of hydrogen-bond donors (Lipinski definition) is 0. The van der Waals surface area contributed by atoms with Gasteiger partial charge in [0.25, 0.3) is 11.4 Å². The summed E-state index contributed by atoms with van der Waals surface area (Å²) in [5, 5.41) is 58.8. The fourth-order valence-electron chi connectivity index (χ4n) is 2.21. The monoisotopic (exact) mass is 392 g/mol. The molecule has 0 aliphatic carbocycles. The summed E-state index contributed by atoms with van der Waals surface area (Å²) in [4.78, 5) is 19.6. The number of nitro benzene ring substituents is 2. The summed E-state index contributed by atoms with van der Waals surface area (Å²) in [7, 11) is -2.56. The molecule has 0 aliphatic heterocycles. The lowest BCUT2D eigenvalue weighted by Crippen LogP contribution is -2.05. The fraction of sp³-hybridized carbons (Fsp3) is 0. The zero-order valence-electron chi connectivity index (χ0n) is 13.4. The largest absolute Gasteiger partial charge is 0.287 e. The van der Waals surface area contributed by atoms with Crippen LogP contribution in [0.25, 0.3) is 0 Å². The Bertz CT molecular complexity index is 1150. The zero-order chi connectivity index (χ0) is 21.0. The molecule has 0 saturated heterocycles. The van der Waals surface area contributed by atoms with E-state index in [1.54, 1.807) is 24.3 Å². The van der Waals surface area contributed by atoms with Crippen LogP contribution in [0.3, 0.4) is 0 Å². The summed E-state index contributed by atoms with van der Waals surface area (Å²) < 4.78 is 12.9. The van der Waals surface area contributed by atoms with Crippen molar-refractivity contribution in [2.24, 2.45) is 0 Å². The summed E-state index contributed by atoms with van der Waals surface area (Å²) >= 11 is 0. The number of rotatable bonds is 4. The van der Waals surface area contributed by atoms with Gasteiger partial charge in [0.05, 0.1) is 42.9 Å². The maximum atomic E-state index is 12.9. The molecule has 0 fully saturated rings. The number of nitrogens with zero attached hydrogens (tertiary/aromatic N) is 6. The molecule has 0 bridgehead atoms. The van der Waals surface area contributed by atoms with Gasteiger partial charge >= 0.3 is 0 Å². The Morgan fingerprint density at radius 2 is 0.964 bits per heavy atom. The molecule has 2 rings (SSSR count). The van der Waals surface area contributed by atoms with Crippen molar-refractivity contribution in [2.75, 3.05) is 0 Å². The van der Waals surface area contributed by atoms with Crippen molar-refractivity contribution in [3.8, 4) is 24.3 Å². The first-order chi connectivity index (χ1) is 13.3. The van der Waals surface area contributed by atoms with Crippen molar-refractivity contribution < 1.29 is 14.1 Å². The van der Waals surface area contributed by atoms with Gasteiger partial charge in [-0.2, -0.15) is 21.0 Å². The Kier molecular flexibility index (Phi) is 5.42. The molecule has 2 aromatic carbocycles. The van der Waals surface area contributed by atoms with Crippen molar-refractivity contribution in [1.82, 2.24) is 0 Å². The number of hydrogen-bond acceptors (Lipinski definition) is 9. The predicted octanol–water partition coefficient (Wildman–Crippen LogP) is 2.16. The molecule has 0 radical (unpaired) electrons. The Balaban J connectivity index is 2.88. The van der Waals surface area contributed by atoms with E-state index in [1.165, 1.54) is 0 Å². The van der Waals surface area contributed by atoms with Gasteiger partial charge in [-0.25, -0.2) is 4.21 Å². The molecule has 28 heavy (non-hydrogen) atoms. The van der Waals surface area contributed by atoms with Gasteiger partial charge in [0.15, 0.2) is 0 Å². The van der Waals surface area contributed by atoms with Crippen molar-refractivity contribution in [3.05, 3.63) is 66.7 Å². The quantitative estimate of drug-likeness (QED) is 0.552. The summed E-state index contributed by atoms with van der Waals surface area (Å²) in [6.45, 7) is 0. The van der Waals surface area contributed by atoms with Gasteiger partial charge < -0.3 is 0 Å². The van der Waals surface area contributed by atoms with E-state index in [1.807, 2.05) is 0 Å². The fourth-order valence-corrected chi connectivity index (χ4v) is 3.54. The van der Waals surface area contributed by atoms with Crippen LogP contribution in [0, 0.1) is 65.6 Å². The minimum atomic E-state index is -2.56. The molecule has 134 valence electrons. The van der Waals surface area contributed by atoms with E-state index in [0.717, 1.165) is 24.3 Å². The van der Waals surface area contributed by atoms with Crippen LogP contribution in [0.1, 0.15) is 22.3 Å². The van der Waals surface area contributed by atoms with Crippen LogP contribution in [0.5, 0.6) is 0 Å². The highest BCUT2D eigenvalue weighted by Crippen LogP contribution is 2.34. The standard InChI is InChI=1S/C16H4N6O5S/c17-5-9-1-13(21(23)24)15(3-11(9)7-19)28(27)16-4-12(8-20)10(6-18)2-14(16)22(25)26/h1-4H. The zero-order valence-corrected chi connectivity index (χ0v) is 14.3. The molecule has 0 aliphatic rings. The normalized spacial score (nSPS) is 9.61. The minimum absolute atomic E-state index is 0.312. The van der Waals surface area contributed by atoms with Gasteiger partial charge in [0, 0.05) is 12.1 Å². The molecule has 2 aromatic rings. The molecular weight excluding hydrogens is 388 g/mol. The Morgan fingerprint density at radius 1 is 0.679 bits per heavy atom. The number of nitriles is 4. The van der Waals surface area contributed by atoms with E-state index in [9.17, 15) is 24.4 Å². The molecule has 0 heterocycles. The SMILES string of the molecule is N#Cc1cc([N+](=O)[O-])c(S(=O)c2cc(C#N)c(C#N)cc2[N+](=O)[O-])cc1C#N. The predicted molar refractivity (Wildman–Crippen MR) is 89.7 cm³/mol. The number of benzene rings is 2. The first kappa shape index (κ1) is 19.7. The highest BCUT2D eigenvalue weighted by molar-refractivity contribution is 7.85. The average molecular weight is 392 g/mol. The van der Waals surface area contributed by atoms with E-state index in [2.05, 4.69) is 0 Å². The van der Waals surface area contributed by atoms with Crippen LogP contribution < -0.4 is 0 Å². The van der Waals surface area contributed by atoms with Crippen LogP contribution in [0.2, 0.25) is 0 Å². The van der Waals surface area contributed by atoms with E-state index < -0.39 is 41.8 Å². The number of nitro groups is 2. The molecule has 0 saturated carbocycles. The summed E-state index contributed by atoms with van der Waals surface area (Å²) in [6, 6.07) is 9.61. The van der Waals surface area contributed by atoms with Crippen molar-refractivity contribution in [2.45, 2.75) is 9.79 Å². The smallest absolute Gasteiger partial charge is 0.258 e. The van der Waals surface area contributed by atoms with Crippen molar-refractivity contribution in [3.63, 3.8) is 0 Å². The van der Waals surface area contributed by atoms with Crippen LogP contribution in [0.15, 0.2) is 34.1 Å². The van der Waals surface area contributed by atoms with Crippen molar-refractivity contribution >= 4 is 22.2 Å². The van der Waals surface area contributed by atoms with E-state index in [-0.39, 0.29) is 22.3 Å². The maximum Gasteiger partial charge on any atom is 0.287 e. The van der Waals surface area contributed by atoms with E-state index in [0.29, 0.717) is 0 Å². The van der Waals surface area contributed by atoms with Crippen LogP contribution in [-0.2, 0) is 10.8 Å². The third kappa shape index (κ3) is 3.35. The molecule has 0 N–H and O–H groups in total. The van der Waals surface area contributed by atoms with Crippen molar-refractivity contribution in [1.29, 1.82) is 21.0 Å². The van der Waals surface area contributed by atoms with Gasteiger partial charge in [0.1, 0.15) is 34.1 Å². The second kappa shape index (κ2) is 7.71. The summed E-state index contributed by atoms with van der Waals surface area (Å²) in [5.74, 6) is 0. The average Bonchev–Trinajstić information content (AvgIpc) is 2.70. The van der Waals surface area contributed by atoms with Gasteiger partial charge in [-0.15, -0.1) is 0 Å². The van der Waals surface area contributed by atoms with Crippen LogP contribution in [0.4, 0.5) is 11.4 Å². The Morgan fingerprint density at radius 3 is 1.21 bits per heavy atom. The topological polar surface area (TPSA) is 199 Å². The van der Waals surface area contributed by atoms with E-state index in [4.69, 9.17) is 21.0 Å². The van der Waals surface area contributed by atoms with Gasteiger partial charge in [-0.3, -0.25) is 20.2 Å². The van der Waals surface area contributed by atoms with Gasteiger partial charge in [-0.1, -0.05) is 0 Å². The molecule has 11 nitrogen and oxygen atoms in total. The lowest BCUT2D eigenvalue weighted by molar-refractivity contribution is -0.388. The summed E-state index contributed by atoms with van der Waals surface area (Å²) in [5.41, 5.74) is -2.86. The Hall–Kier alpha value is -4.65. The molecule has 0 spiro atoms. The third-order valence-electron chi connectivity index (χ3n) is 3.47. The van der Waals surface area contributed by atoms with E-state index >= 15 is 0 Å². The highest BCUT2D eigenvalue weighted by atomic mass is 32.2. The first-order valence-corrected chi connectivity index (χ1v) is 8.11.